The number of aromatic nitrogens is 1. The predicted octanol–water partition coefficient (Wildman–Crippen LogP) is 5.36. The first-order valence-corrected chi connectivity index (χ1v) is 13.5. The number of carbonyl (C=O) groups is 1. The van der Waals surface area contributed by atoms with Crippen LogP contribution in [0.5, 0.6) is 0 Å². The maximum absolute atomic E-state index is 12.0. The van der Waals surface area contributed by atoms with Crippen LogP contribution in [0.15, 0.2) is 102 Å². The Labute approximate surface area is 243 Å². The van der Waals surface area contributed by atoms with E-state index in [4.69, 9.17) is 11.5 Å². The van der Waals surface area contributed by atoms with Crippen molar-refractivity contribution >= 4 is 28.5 Å². The number of nitriles is 2. The lowest BCUT2D eigenvalue weighted by Crippen LogP contribution is -2.25. The van der Waals surface area contributed by atoms with Gasteiger partial charge in [-0.25, -0.2) is 4.99 Å². The summed E-state index contributed by atoms with van der Waals surface area (Å²) in [6.45, 7) is -0.133. The number of anilines is 1. The second kappa shape index (κ2) is 12.5. The Balaban J connectivity index is 1.39. The zero-order chi connectivity index (χ0) is 29.5. The molecule has 206 valence electrons. The van der Waals surface area contributed by atoms with Gasteiger partial charge in [0.15, 0.2) is 5.96 Å². The molecular formula is C34H29N7O. The molecule has 0 radical (unpaired) electrons. The highest BCUT2D eigenvalue weighted by molar-refractivity contribution is 5.94. The number of nitrogens with two attached hydrogens (primary N) is 2. The van der Waals surface area contributed by atoms with Crippen molar-refractivity contribution in [2.75, 3.05) is 11.9 Å². The Morgan fingerprint density at radius 3 is 1.95 bits per heavy atom. The fourth-order valence-corrected chi connectivity index (χ4v) is 4.96. The van der Waals surface area contributed by atoms with E-state index in [1.54, 1.807) is 0 Å². The number of guanidine groups is 1. The summed E-state index contributed by atoms with van der Waals surface area (Å²) in [4.78, 5) is 19.2. The Hall–Kier alpha value is -5.86. The Morgan fingerprint density at radius 1 is 0.810 bits per heavy atom. The fraction of sp³-hybridized carbons (Fsp3) is 0.118. The van der Waals surface area contributed by atoms with Gasteiger partial charge < -0.3 is 21.8 Å². The summed E-state index contributed by atoms with van der Waals surface area (Å²) in [6, 6.07) is 36.1. The second-order valence-corrected chi connectivity index (χ2v) is 10.1. The van der Waals surface area contributed by atoms with Crippen LogP contribution in [0.25, 0.3) is 22.2 Å². The number of carbonyl (C=O) groups excluding carboxylic acids is 1. The van der Waals surface area contributed by atoms with Gasteiger partial charge in [-0.15, -0.1) is 0 Å². The van der Waals surface area contributed by atoms with Gasteiger partial charge in [-0.1, -0.05) is 42.5 Å². The maximum Gasteiger partial charge on any atom is 0.246 e. The van der Waals surface area contributed by atoms with Gasteiger partial charge in [0.1, 0.15) is 6.54 Å². The quantitative estimate of drug-likeness (QED) is 0.143. The summed E-state index contributed by atoms with van der Waals surface area (Å²) < 4.78 is 0. The van der Waals surface area contributed by atoms with Crippen molar-refractivity contribution < 1.29 is 4.79 Å². The second-order valence-electron chi connectivity index (χ2n) is 10.1. The highest BCUT2D eigenvalue weighted by atomic mass is 16.1. The zero-order valence-electron chi connectivity index (χ0n) is 22.8. The Bertz CT molecular complexity index is 1760. The maximum atomic E-state index is 12.0. The van der Waals surface area contributed by atoms with E-state index in [0.717, 1.165) is 46.1 Å². The summed E-state index contributed by atoms with van der Waals surface area (Å²) >= 11 is 0. The van der Waals surface area contributed by atoms with Crippen LogP contribution in [0.3, 0.4) is 0 Å². The molecule has 0 saturated carbocycles. The Morgan fingerprint density at radius 2 is 1.40 bits per heavy atom. The third-order valence-corrected chi connectivity index (χ3v) is 7.13. The number of aromatic amines is 1. The number of nitrogens with zero attached hydrogens (tertiary/aromatic N) is 3. The number of rotatable bonds is 9. The molecule has 0 unspecified atom stereocenters. The zero-order valence-corrected chi connectivity index (χ0v) is 22.8. The average Bonchev–Trinajstić information content (AvgIpc) is 3.44. The smallest absolute Gasteiger partial charge is 0.246 e. The van der Waals surface area contributed by atoms with Crippen LogP contribution in [0.2, 0.25) is 0 Å². The molecule has 0 spiro atoms. The molecular weight excluding hydrogens is 522 g/mol. The number of hydrogen-bond donors (Lipinski definition) is 4. The van der Waals surface area contributed by atoms with Gasteiger partial charge in [0.25, 0.3) is 0 Å². The van der Waals surface area contributed by atoms with E-state index in [2.05, 4.69) is 51.7 Å². The van der Waals surface area contributed by atoms with E-state index in [9.17, 15) is 15.3 Å². The number of amides is 1. The molecule has 5 aromatic rings. The summed E-state index contributed by atoms with van der Waals surface area (Å²) in [5, 5.41) is 22.3. The number of aliphatic imine (C=N–C) groups is 1. The number of nitrogens with one attached hydrogen (secondary N) is 2. The Kier molecular flexibility index (Phi) is 8.27. The molecule has 1 amide bonds. The molecule has 8 heteroatoms. The molecule has 1 heterocycles. The van der Waals surface area contributed by atoms with Crippen LogP contribution in [-0.4, -0.2) is 23.4 Å². The molecule has 0 aliphatic rings. The first-order valence-electron chi connectivity index (χ1n) is 13.5. The molecule has 5 rings (SSSR count). The van der Waals surface area contributed by atoms with Crippen LogP contribution in [0.1, 0.15) is 33.7 Å². The lowest BCUT2D eigenvalue weighted by Gasteiger charge is -2.18. The highest BCUT2D eigenvalue weighted by Crippen LogP contribution is 2.31. The van der Waals surface area contributed by atoms with Gasteiger partial charge in [0.2, 0.25) is 5.91 Å². The van der Waals surface area contributed by atoms with Crippen LogP contribution >= 0.6 is 0 Å². The molecule has 0 fully saturated rings. The minimum absolute atomic E-state index is 0.128. The van der Waals surface area contributed by atoms with E-state index in [1.807, 2.05) is 72.8 Å². The van der Waals surface area contributed by atoms with Crippen molar-refractivity contribution in [2.24, 2.45) is 16.5 Å². The van der Waals surface area contributed by atoms with E-state index >= 15 is 0 Å². The molecule has 0 saturated heterocycles. The minimum Gasteiger partial charge on any atom is -0.370 e. The van der Waals surface area contributed by atoms with Crippen LogP contribution in [-0.2, 0) is 17.6 Å². The van der Waals surface area contributed by atoms with Crippen LogP contribution in [0, 0.1) is 22.7 Å². The number of H-pyrrole nitrogens is 1. The topological polar surface area (TPSA) is 157 Å². The lowest BCUT2D eigenvalue weighted by atomic mass is 9.86. The molecule has 8 nitrogen and oxygen atoms in total. The van der Waals surface area contributed by atoms with E-state index in [1.165, 1.54) is 5.56 Å². The predicted molar refractivity (Wildman–Crippen MR) is 166 cm³/mol. The van der Waals surface area contributed by atoms with Gasteiger partial charge >= 0.3 is 0 Å². The van der Waals surface area contributed by atoms with Crippen molar-refractivity contribution in [3.63, 3.8) is 0 Å². The van der Waals surface area contributed by atoms with Gasteiger partial charge in [-0.3, -0.25) is 4.79 Å². The number of fused-ring (bicyclic) bond motifs is 1. The number of hydrogen-bond acceptors (Lipinski definition) is 4. The summed E-state index contributed by atoms with van der Waals surface area (Å²) in [5.74, 6) is -0.237. The molecule has 42 heavy (non-hydrogen) atoms. The van der Waals surface area contributed by atoms with Crippen molar-refractivity contribution in [1.29, 1.82) is 10.5 Å². The fourth-order valence-electron chi connectivity index (χ4n) is 4.96. The van der Waals surface area contributed by atoms with Gasteiger partial charge in [-0.05, 0) is 95.6 Å². The van der Waals surface area contributed by atoms with Gasteiger partial charge in [0, 0.05) is 22.3 Å². The average molecular weight is 552 g/mol. The first kappa shape index (κ1) is 27.7. The third-order valence-electron chi connectivity index (χ3n) is 7.13. The van der Waals surface area contributed by atoms with Crippen molar-refractivity contribution in [1.82, 2.24) is 4.98 Å². The van der Waals surface area contributed by atoms with Crippen LogP contribution in [0.4, 0.5) is 5.69 Å². The molecule has 6 N–H and O–H groups in total. The van der Waals surface area contributed by atoms with Crippen molar-refractivity contribution in [3.8, 4) is 23.4 Å². The standard InChI is InChI=1S/C34H29N7O/c35-19-24-5-1-22(2-6-24)15-28(16-23-3-7-25(20-36)8-4-23)27-11-14-31-29(17-27)18-32(41-31)26-9-12-30(13-10-26)40-33(42)21-39-34(37)38/h1-14,17-18,28,41H,15-16,21H2,(H,40,42)(H4,37,38,39). The van der Waals surface area contributed by atoms with E-state index < -0.39 is 0 Å². The lowest BCUT2D eigenvalue weighted by molar-refractivity contribution is -0.114. The largest absolute Gasteiger partial charge is 0.370 e. The van der Waals surface area contributed by atoms with Crippen molar-refractivity contribution in [3.05, 3.63) is 125 Å². The molecule has 4 aromatic carbocycles. The third kappa shape index (κ3) is 6.82. The first-order chi connectivity index (χ1) is 20.4. The summed E-state index contributed by atoms with van der Waals surface area (Å²) in [6.07, 6.45) is 1.62. The minimum atomic E-state index is -0.300. The normalized spacial score (nSPS) is 10.6. The van der Waals surface area contributed by atoms with E-state index in [-0.39, 0.29) is 24.3 Å². The van der Waals surface area contributed by atoms with Crippen molar-refractivity contribution in [2.45, 2.75) is 18.8 Å². The summed E-state index contributed by atoms with van der Waals surface area (Å²) in [5.41, 5.74) is 19.0. The highest BCUT2D eigenvalue weighted by Gasteiger charge is 2.16. The van der Waals surface area contributed by atoms with Crippen LogP contribution < -0.4 is 16.8 Å². The van der Waals surface area contributed by atoms with Gasteiger partial charge in [0.05, 0.1) is 23.3 Å². The van der Waals surface area contributed by atoms with Gasteiger partial charge in [-0.2, -0.15) is 10.5 Å². The molecule has 0 bridgehead atoms. The molecule has 1 aromatic heterocycles. The molecule has 0 aliphatic carbocycles. The summed E-state index contributed by atoms with van der Waals surface area (Å²) in [7, 11) is 0. The monoisotopic (exact) mass is 551 g/mol. The molecule has 0 atom stereocenters. The SMILES string of the molecule is N#Cc1ccc(CC(Cc2ccc(C#N)cc2)c2ccc3[nH]c(-c4ccc(NC(=O)CN=C(N)N)cc4)cc3c2)cc1. The molecule has 0 aliphatic heterocycles. The number of benzene rings is 4. The van der Waals surface area contributed by atoms with E-state index in [0.29, 0.717) is 16.8 Å².